The summed E-state index contributed by atoms with van der Waals surface area (Å²) >= 11 is 0. The quantitative estimate of drug-likeness (QED) is 0.808. The van der Waals surface area contributed by atoms with Gasteiger partial charge < -0.3 is 5.32 Å². The zero-order chi connectivity index (χ0) is 12.8. The first kappa shape index (κ1) is 13.2. The van der Waals surface area contributed by atoms with E-state index in [1.165, 1.54) is 11.1 Å². The Morgan fingerprint density at radius 1 is 1.35 bits per heavy atom. The second kappa shape index (κ2) is 6.05. The molecule has 1 aromatic rings. The Bertz CT molecular complexity index is 458. The summed E-state index contributed by atoms with van der Waals surface area (Å²) in [5, 5.41) is 11.2. The number of nitrogens with zero attached hydrogens (tertiary/aromatic N) is 1. The number of carbonyl (C=O) groups excluding carboxylic acids is 1. The monoisotopic (exact) mass is 230 g/mol. The van der Waals surface area contributed by atoms with Crippen LogP contribution in [0.1, 0.15) is 40.4 Å². The van der Waals surface area contributed by atoms with Crippen LogP contribution in [0.2, 0.25) is 0 Å². The van der Waals surface area contributed by atoms with E-state index in [1.54, 1.807) is 0 Å². The van der Waals surface area contributed by atoms with Crippen LogP contribution in [0.4, 0.5) is 0 Å². The van der Waals surface area contributed by atoms with Crippen LogP contribution in [0.25, 0.3) is 0 Å². The van der Waals surface area contributed by atoms with Crippen molar-refractivity contribution in [2.75, 3.05) is 6.54 Å². The van der Waals surface area contributed by atoms with E-state index in [0.717, 1.165) is 12.0 Å². The van der Waals surface area contributed by atoms with Gasteiger partial charge in [0.05, 0.1) is 12.5 Å². The maximum Gasteiger partial charge on any atom is 0.251 e. The first-order chi connectivity index (χ1) is 8.10. The lowest BCUT2D eigenvalue weighted by Crippen LogP contribution is -2.25. The molecule has 0 aromatic heterocycles. The lowest BCUT2D eigenvalue weighted by molar-refractivity contribution is 0.0954. The van der Waals surface area contributed by atoms with Crippen molar-refractivity contribution in [2.45, 2.75) is 33.6 Å². The van der Waals surface area contributed by atoms with Gasteiger partial charge in [-0.3, -0.25) is 4.79 Å². The average molecular weight is 230 g/mol. The largest absolute Gasteiger partial charge is 0.351 e. The van der Waals surface area contributed by atoms with E-state index in [-0.39, 0.29) is 5.91 Å². The number of aryl methyl sites for hydroxylation is 3. The minimum Gasteiger partial charge on any atom is -0.351 e. The molecule has 0 aliphatic rings. The van der Waals surface area contributed by atoms with E-state index in [1.807, 2.05) is 25.1 Å². The molecule has 90 valence electrons. The molecular formula is C14H18N2O. The SMILES string of the molecule is CCc1cc(C(=O)NCCC#N)c(C)cc1C. The highest BCUT2D eigenvalue weighted by atomic mass is 16.1. The zero-order valence-corrected chi connectivity index (χ0v) is 10.6. The lowest BCUT2D eigenvalue weighted by atomic mass is 9.98. The molecule has 0 bridgehead atoms. The second-order valence-corrected chi connectivity index (χ2v) is 4.11. The van der Waals surface area contributed by atoms with Crippen molar-refractivity contribution in [3.8, 4) is 6.07 Å². The van der Waals surface area contributed by atoms with Crippen molar-refractivity contribution in [3.63, 3.8) is 0 Å². The van der Waals surface area contributed by atoms with Gasteiger partial charge in [-0.1, -0.05) is 13.0 Å². The number of hydrogen-bond donors (Lipinski definition) is 1. The summed E-state index contributed by atoms with van der Waals surface area (Å²) in [5.41, 5.74) is 4.11. The molecule has 0 spiro atoms. The number of benzene rings is 1. The van der Waals surface area contributed by atoms with Gasteiger partial charge in [0.25, 0.3) is 5.91 Å². The summed E-state index contributed by atoms with van der Waals surface area (Å²) in [6, 6.07) is 6.00. The van der Waals surface area contributed by atoms with Gasteiger partial charge in [0.2, 0.25) is 0 Å². The maximum absolute atomic E-state index is 11.9. The molecule has 3 nitrogen and oxygen atoms in total. The van der Waals surface area contributed by atoms with E-state index in [2.05, 4.69) is 19.2 Å². The van der Waals surface area contributed by atoms with Gasteiger partial charge in [-0.25, -0.2) is 0 Å². The number of carbonyl (C=O) groups is 1. The Balaban J connectivity index is 2.90. The van der Waals surface area contributed by atoms with Gasteiger partial charge in [-0.2, -0.15) is 5.26 Å². The van der Waals surface area contributed by atoms with Gasteiger partial charge in [0.1, 0.15) is 0 Å². The molecule has 17 heavy (non-hydrogen) atoms. The first-order valence-corrected chi connectivity index (χ1v) is 5.85. The molecule has 0 saturated carbocycles. The highest BCUT2D eigenvalue weighted by molar-refractivity contribution is 5.95. The highest BCUT2D eigenvalue weighted by Crippen LogP contribution is 2.16. The van der Waals surface area contributed by atoms with Crippen molar-refractivity contribution in [1.82, 2.24) is 5.32 Å². The summed E-state index contributed by atoms with van der Waals surface area (Å²) < 4.78 is 0. The first-order valence-electron chi connectivity index (χ1n) is 5.85. The summed E-state index contributed by atoms with van der Waals surface area (Å²) in [6.07, 6.45) is 1.27. The summed E-state index contributed by atoms with van der Waals surface area (Å²) in [6.45, 7) is 6.48. The van der Waals surface area contributed by atoms with Gasteiger partial charge in [0.15, 0.2) is 0 Å². The molecule has 0 radical (unpaired) electrons. The summed E-state index contributed by atoms with van der Waals surface area (Å²) in [7, 11) is 0. The molecule has 1 rings (SSSR count). The van der Waals surface area contributed by atoms with Gasteiger partial charge in [0, 0.05) is 12.1 Å². The van der Waals surface area contributed by atoms with Crippen LogP contribution in [0, 0.1) is 25.2 Å². The van der Waals surface area contributed by atoms with E-state index in [9.17, 15) is 4.79 Å². The molecule has 0 unspecified atom stereocenters. The van der Waals surface area contributed by atoms with Crippen molar-refractivity contribution < 1.29 is 4.79 Å². The minimum atomic E-state index is -0.0903. The van der Waals surface area contributed by atoms with Crippen molar-refractivity contribution in [2.24, 2.45) is 0 Å². The number of nitriles is 1. The van der Waals surface area contributed by atoms with Crippen LogP contribution in [-0.2, 0) is 6.42 Å². The lowest BCUT2D eigenvalue weighted by Gasteiger charge is -2.11. The molecule has 0 saturated heterocycles. The number of nitrogens with one attached hydrogen (secondary N) is 1. The van der Waals surface area contributed by atoms with Crippen molar-refractivity contribution in [3.05, 3.63) is 34.4 Å². The molecule has 0 fully saturated rings. The van der Waals surface area contributed by atoms with Crippen LogP contribution >= 0.6 is 0 Å². The molecule has 1 N–H and O–H groups in total. The standard InChI is InChI=1S/C14H18N2O/c1-4-12-9-13(11(3)8-10(12)2)14(17)16-7-5-6-15/h8-9H,4-5,7H2,1-3H3,(H,16,17). The fraction of sp³-hybridized carbons (Fsp3) is 0.429. The highest BCUT2D eigenvalue weighted by Gasteiger charge is 2.10. The van der Waals surface area contributed by atoms with Crippen molar-refractivity contribution in [1.29, 1.82) is 5.26 Å². The second-order valence-electron chi connectivity index (χ2n) is 4.11. The Morgan fingerprint density at radius 2 is 2.06 bits per heavy atom. The molecular weight excluding hydrogens is 212 g/mol. The third kappa shape index (κ3) is 3.32. The maximum atomic E-state index is 11.9. The van der Waals surface area contributed by atoms with Crippen LogP contribution in [0.3, 0.4) is 0 Å². The van der Waals surface area contributed by atoms with Crippen LogP contribution in [-0.4, -0.2) is 12.5 Å². The van der Waals surface area contributed by atoms with Crippen LogP contribution in [0.5, 0.6) is 0 Å². The normalized spacial score (nSPS) is 9.76. The molecule has 0 aliphatic carbocycles. The summed E-state index contributed by atoms with van der Waals surface area (Å²) in [5.74, 6) is -0.0903. The van der Waals surface area contributed by atoms with Gasteiger partial charge in [-0.15, -0.1) is 0 Å². The Hall–Kier alpha value is -1.82. The number of amides is 1. The van der Waals surface area contributed by atoms with Gasteiger partial charge >= 0.3 is 0 Å². The zero-order valence-electron chi connectivity index (χ0n) is 10.6. The fourth-order valence-corrected chi connectivity index (χ4v) is 1.85. The van der Waals surface area contributed by atoms with E-state index >= 15 is 0 Å². The minimum absolute atomic E-state index is 0.0903. The smallest absolute Gasteiger partial charge is 0.251 e. The fourth-order valence-electron chi connectivity index (χ4n) is 1.85. The Kier molecular flexibility index (Phi) is 4.71. The molecule has 0 atom stereocenters. The summed E-state index contributed by atoms with van der Waals surface area (Å²) in [4.78, 5) is 11.9. The Labute approximate surface area is 102 Å². The van der Waals surface area contributed by atoms with Crippen LogP contribution < -0.4 is 5.32 Å². The van der Waals surface area contributed by atoms with E-state index in [0.29, 0.717) is 18.5 Å². The average Bonchev–Trinajstić information content (AvgIpc) is 2.29. The Morgan fingerprint density at radius 3 is 2.65 bits per heavy atom. The molecule has 0 heterocycles. The predicted molar refractivity (Wildman–Crippen MR) is 67.9 cm³/mol. The number of rotatable bonds is 4. The predicted octanol–water partition coefficient (Wildman–Crippen LogP) is 2.51. The van der Waals surface area contributed by atoms with Crippen molar-refractivity contribution >= 4 is 5.91 Å². The van der Waals surface area contributed by atoms with Crippen LogP contribution in [0.15, 0.2) is 12.1 Å². The van der Waals surface area contributed by atoms with Gasteiger partial charge in [-0.05, 0) is 43.0 Å². The van der Waals surface area contributed by atoms with E-state index < -0.39 is 0 Å². The third-order valence-electron chi connectivity index (χ3n) is 2.83. The molecule has 1 amide bonds. The molecule has 1 aromatic carbocycles. The molecule has 3 heteroatoms. The van der Waals surface area contributed by atoms with E-state index in [4.69, 9.17) is 5.26 Å². The topological polar surface area (TPSA) is 52.9 Å². The third-order valence-corrected chi connectivity index (χ3v) is 2.83. The number of hydrogen-bond acceptors (Lipinski definition) is 2. The molecule has 0 aliphatic heterocycles.